The topological polar surface area (TPSA) is 66.4 Å². The molecular formula is C13H21NO3S2. The van der Waals surface area contributed by atoms with Gasteiger partial charge in [-0.25, -0.2) is 13.1 Å². The maximum absolute atomic E-state index is 12.3. The lowest BCUT2D eigenvalue weighted by Gasteiger charge is -2.34. The quantitative estimate of drug-likeness (QED) is 0.898. The molecule has 0 unspecified atom stereocenters. The summed E-state index contributed by atoms with van der Waals surface area (Å²) in [6.45, 7) is 4.21. The molecule has 1 heterocycles. The number of aliphatic hydroxyl groups excluding tert-OH is 1. The van der Waals surface area contributed by atoms with E-state index in [1.807, 2.05) is 0 Å². The average Bonchev–Trinajstić information content (AvgIpc) is 2.81. The van der Waals surface area contributed by atoms with Crippen LogP contribution in [0.4, 0.5) is 0 Å². The molecule has 1 aromatic heterocycles. The maximum atomic E-state index is 12.3. The molecule has 108 valence electrons. The molecule has 1 aliphatic rings. The molecule has 0 saturated heterocycles. The Morgan fingerprint density at radius 3 is 2.63 bits per heavy atom. The van der Waals surface area contributed by atoms with Crippen LogP contribution in [-0.4, -0.2) is 19.6 Å². The summed E-state index contributed by atoms with van der Waals surface area (Å²) < 4.78 is 27.4. The number of sulfonamides is 1. The molecule has 0 radical (unpaired) electrons. The molecule has 6 heteroatoms. The van der Waals surface area contributed by atoms with Crippen molar-refractivity contribution in [2.24, 2.45) is 5.41 Å². The van der Waals surface area contributed by atoms with Crippen molar-refractivity contribution in [3.8, 4) is 0 Å². The first-order valence-electron chi connectivity index (χ1n) is 6.54. The van der Waals surface area contributed by atoms with Crippen LogP contribution >= 0.6 is 11.3 Å². The molecular weight excluding hydrogens is 282 g/mol. The summed E-state index contributed by atoms with van der Waals surface area (Å²) in [5.41, 5.74) is 0.320. The molecule has 1 aromatic rings. The van der Waals surface area contributed by atoms with Crippen LogP contribution in [-0.2, 0) is 16.6 Å². The third-order valence-corrected chi connectivity index (χ3v) is 6.44. The number of thiophene rings is 1. The van der Waals surface area contributed by atoms with Crippen molar-refractivity contribution in [1.82, 2.24) is 4.72 Å². The normalized spacial score (nSPS) is 20.6. The van der Waals surface area contributed by atoms with Crippen molar-refractivity contribution >= 4 is 21.4 Å². The SMILES string of the molecule is CC1(C)CCC(NS(=O)(=O)c2ccsc2CO)CC1. The molecule has 4 nitrogen and oxygen atoms in total. The number of hydrogen-bond donors (Lipinski definition) is 2. The standard InChI is InChI=1S/C13H21NO3S2/c1-13(2)6-3-10(4-7-13)14-19(16,17)12-5-8-18-11(12)9-15/h5,8,10,14-15H,3-4,6-7,9H2,1-2H3. The third kappa shape index (κ3) is 3.56. The molecule has 19 heavy (non-hydrogen) atoms. The van der Waals surface area contributed by atoms with Gasteiger partial charge in [-0.1, -0.05) is 13.8 Å². The van der Waals surface area contributed by atoms with E-state index < -0.39 is 10.0 Å². The Hall–Kier alpha value is -0.430. The molecule has 1 aliphatic carbocycles. The van der Waals surface area contributed by atoms with Crippen LogP contribution in [0.5, 0.6) is 0 Å². The van der Waals surface area contributed by atoms with E-state index in [9.17, 15) is 8.42 Å². The van der Waals surface area contributed by atoms with Crippen molar-refractivity contribution in [2.75, 3.05) is 0 Å². The molecule has 0 aromatic carbocycles. The number of rotatable bonds is 4. The van der Waals surface area contributed by atoms with Gasteiger partial charge < -0.3 is 5.11 Å². The van der Waals surface area contributed by atoms with E-state index in [-0.39, 0.29) is 17.5 Å². The first kappa shape index (κ1) is 15.0. The van der Waals surface area contributed by atoms with Gasteiger partial charge in [0, 0.05) is 10.9 Å². The summed E-state index contributed by atoms with van der Waals surface area (Å²) in [4.78, 5) is 0.730. The summed E-state index contributed by atoms with van der Waals surface area (Å²) in [6, 6.07) is 1.58. The summed E-state index contributed by atoms with van der Waals surface area (Å²) in [6.07, 6.45) is 3.84. The van der Waals surface area contributed by atoms with E-state index in [1.54, 1.807) is 11.4 Å². The first-order chi connectivity index (χ1) is 8.84. The highest BCUT2D eigenvalue weighted by atomic mass is 32.2. The van der Waals surface area contributed by atoms with Gasteiger partial charge in [0.05, 0.1) is 11.5 Å². The van der Waals surface area contributed by atoms with Crippen molar-refractivity contribution in [1.29, 1.82) is 0 Å². The minimum absolute atomic E-state index is 0.0180. The van der Waals surface area contributed by atoms with E-state index in [2.05, 4.69) is 18.6 Å². The second-order valence-corrected chi connectivity index (χ2v) is 8.61. The van der Waals surface area contributed by atoms with Gasteiger partial charge in [-0.2, -0.15) is 0 Å². The van der Waals surface area contributed by atoms with E-state index in [0.717, 1.165) is 25.7 Å². The van der Waals surface area contributed by atoms with Gasteiger partial charge in [-0.3, -0.25) is 0 Å². The maximum Gasteiger partial charge on any atom is 0.242 e. The molecule has 0 atom stereocenters. The first-order valence-corrected chi connectivity index (χ1v) is 8.90. The fourth-order valence-corrected chi connectivity index (χ4v) is 5.08. The van der Waals surface area contributed by atoms with Crippen LogP contribution in [0.15, 0.2) is 16.3 Å². The van der Waals surface area contributed by atoms with Gasteiger partial charge in [0.2, 0.25) is 10.0 Å². The molecule has 1 fully saturated rings. The Morgan fingerprint density at radius 1 is 1.42 bits per heavy atom. The van der Waals surface area contributed by atoms with Crippen molar-refractivity contribution in [2.45, 2.75) is 57.1 Å². The minimum atomic E-state index is -3.50. The van der Waals surface area contributed by atoms with Crippen LogP contribution in [0.25, 0.3) is 0 Å². The van der Waals surface area contributed by atoms with Crippen molar-refractivity contribution < 1.29 is 13.5 Å². The van der Waals surface area contributed by atoms with E-state index in [4.69, 9.17) is 5.11 Å². The molecule has 1 saturated carbocycles. The van der Waals surface area contributed by atoms with E-state index in [1.165, 1.54) is 11.3 Å². The predicted molar refractivity (Wildman–Crippen MR) is 76.6 cm³/mol. The fourth-order valence-electron chi connectivity index (χ4n) is 2.48. The summed E-state index contributed by atoms with van der Waals surface area (Å²) in [5, 5.41) is 10.9. The van der Waals surface area contributed by atoms with Crippen LogP contribution < -0.4 is 4.72 Å². The number of nitrogens with one attached hydrogen (secondary N) is 1. The van der Waals surface area contributed by atoms with E-state index in [0.29, 0.717) is 10.3 Å². The van der Waals surface area contributed by atoms with E-state index >= 15 is 0 Å². The second kappa shape index (κ2) is 5.52. The molecule has 2 rings (SSSR count). The highest BCUT2D eigenvalue weighted by Gasteiger charge is 2.30. The van der Waals surface area contributed by atoms with Gasteiger partial charge >= 0.3 is 0 Å². The lowest BCUT2D eigenvalue weighted by molar-refractivity contribution is 0.218. The average molecular weight is 303 g/mol. The Morgan fingerprint density at radius 2 is 2.05 bits per heavy atom. The minimum Gasteiger partial charge on any atom is -0.391 e. The van der Waals surface area contributed by atoms with Gasteiger partial charge in [0.1, 0.15) is 0 Å². The number of hydrogen-bond acceptors (Lipinski definition) is 4. The van der Waals surface area contributed by atoms with Gasteiger partial charge in [0.25, 0.3) is 0 Å². The van der Waals surface area contributed by atoms with Crippen LogP contribution in [0.2, 0.25) is 0 Å². The largest absolute Gasteiger partial charge is 0.391 e. The third-order valence-electron chi connectivity index (χ3n) is 3.80. The summed E-state index contributed by atoms with van der Waals surface area (Å²) in [7, 11) is -3.50. The van der Waals surface area contributed by atoms with Gasteiger partial charge in [-0.15, -0.1) is 11.3 Å². The molecule has 0 spiro atoms. The van der Waals surface area contributed by atoms with Crippen molar-refractivity contribution in [3.05, 3.63) is 16.3 Å². The van der Waals surface area contributed by atoms with Gasteiger partial charge in [-0.05, 0) is 42.5 Å². The lowest BCUT2D eigenvalue weighted by Crippen LogP contribution is -2.39. The Balaban J connectivity index is 2.07. The monoisotopic (exact) mass is 303 g/mol. The zero-order valence-corrected chi connectivity index (χ0v) is 13.0. The van der Waals surface area contributed by atoms with Crippen molar-refractivity contribution in [3.63, 3.8) is 0 Å². The zero-order chi connectivity index (χ0) is 14.1. The summed E-state index contributed by atoms with van der Waals surface area (Å²) >= 11 is 1.27. The smallest absolute Gasteiger partial charge is 0.242 e. The van der Waals surface area contributed by atoms with Crippen LogP contribution in [0.1, 0.15) is 44.4 Å². The number of aliphatic hydroxyl groups is 1. The second-order valence-electron chi connectivity index (χ2n) is 5.93. The molecule has 0 amide bonds. The van der Waals surface area contributed by atoms with Crippen LogP contribution in [0.3, 0.4) is 0 Å². The molecule has 0 aliphatic heterocycles. The highest BCUT2D eigenvalue weighted by Crippen LogP contribution is 2.35. The molecule has 0 bridgehead atoms. The van der Waals surface area contributed by atoms with Gasteiger partial charge in [0.15, 0.2) is 0 Å². The zero-order valence-electron chi connectivity index (χ0n) is 11.3. The Bertz CT molecular complexity index is 524. The fraction of sp³-hybridized carbons (Fsp3) is 0.692. The predicted octanol–water partition coefficient (Wildman–Crippen LogP) is 2.49. The Kier molecular flexibility index (Phi) is 4.35. The lowest BCUT2D eigenvalue weighted by atomic mass is 9.76. The highest BCUT2D eigenvalue weighted by molar-refractivity contribution is 7.89. The molecule has 2 N–H and O–H groups in total. The van der Waals surface area contributed by atoms with Crippen LogP contribution in [0, 0.1) is 5.41 Å². The summed E-state index contributed by atoms with van der Waals surface area (Å²) in [5.74, 6) is 0. The Labute approximate surface area is 118 Å².